The van der Waals surface area contributed by atoms with Crippen LogP contribution in [0.1, 0.15) is 11.1 Å². The molecule has 1 N–H and O–H groups in total. The van der Waals surface area contributed by atoms with Crippen molar-refractivity contribution in [3.8, 4) is 0 Å². The Morgan fingerprint density at radius 1 is 1.24 bits per heavy atom. The van der Waals surface area contributed by atoms with Crippen LogP contribution in [0.15, 0.2) is 24.3 Å². The third kappa shape index (κ3) is 5.83. The van der Waals surface area contributed by atoms with Gasteiger partial charge in [0, 0.05) is 18.1 Å². The first-order valence-electron chi connectivity index (χ1n) is 4.99. The van der Waals surface area contributed by atoms with Crippen molar-refractivity contribution in [1.82, 2.24) is 5.32 Å². The maximum atomic E-state index is 11.3. The van der Waals surface area contributed by atoms with Gasteiger partial charge in [-0.25, -0.2) is 8.42 Å². The maximum absolute atomic E-state index is 11.3. The molecule has 6 heteroatoms. The number of halogens is 1. The van der Waals surface area contributed by atoms with Crippen molar-refractivity contribution in [2.45, 2.75) is 11.9 Å². The molecule has 94 valence electrons. The highest BCUT2D eigenvalue weighted by atomic mass is 79.9. The molecule has 0 aliphatic carbocycles. The van der Waals surface area contributed by atoms with Gasteiger partial charge in [-0.3, -0.25) is 4.79 Å². The Balaban J connectivity index is 2.47. The number of hydrogen-bond donors (Lipinski definition) is 1. The van der Waals surface area contributed by atoms with Gasteiger partial charge >= 0.3 is 0 Å². The van der Waals surface area contributed by atoms with E-state index in [2.05, 4.69) is 21.2 Å². The predicted molar refractivity (Wildman–Crippen MR) is 70.6 cm³/mol. The highest BCUT2D eigenvalue weighted by Crippen LogP contribution is 2.07. The number of carbonyl (C=O) groups excluding carboxylic acids is 1. The van der Waals surface area contributed by atoms with Crippen molar-refractivity contribution in [1.29, 1.82) is 0 Å². The Hall–Kier alpha value is -0.880. The van der Waals surface area contributed by atoms with Crippen LogP contribution in [-0.2, 0) is 26.5 Å². The van der Waals surface area contributed by atoms with Gasteiger partial charge in [0.1, 0.15) is 5.75 Å². The van der Waals surface area contributed by atoms with Crippen LogP contribution in [0.5, 0.6) is 0 Å². The van der Waals surface area contributed by atoms with Crippen molar-refractivity contribution in [2.24, 2.45) is 0 Å². The zero-order chi connectivity index (χ0) is 12.9. The summed E-state index contributed by atoms with van der Waals surface area (Å²) in [6, 6.07) is 7.70. The van der Waals surface area contributed by atoms with Gasteiger partial charge < -0.3 is 5.32 Å². The molecule has 1 amide bonds. The van der Waals surface area contributed by atoms with E-state index in [9.17, 15) is 13.2 Å². The van der Waals surface area contributed by atoms with E-state index in [1.165, 1.54) is 0 Å². The fraction of sp³-hybridized carbons (Fsp3) is 0.364. The Kier molecular flexibility index (Phi) is 5.14. The second kappa shape index (κ2) is 6.16. The minimum Gasteiger partial charge on any atom is -0.351 e. The van der Waals surface area contributed by atoms with E-state index in [1.807, 2.05) is 24.3 Å². The number of carbonyl (C=O) groups is 1. The molecule has 0 spiro atoms. The van der Waals surface area contributed by atoms with Crippen LogP contribution in [0.2, 0.25) is 0 Å². The Bertz CT molecular complexity index is 482. The van der Waals surface area contributed by atoms with E-state index in [0.717, 1.165) is 22.7 Å². The van der Waals surface area contributed by atoms with E-state index in [0.29, 0.717) is 6.54 Å². The third-order valence-corrected chi connectivity index (χ3v) is 3.49. The smallest absolute Gasteiger partial charge is 0.235 e. The molecular weight excluding hydrogens is 306 g/mol. The molecule has 0 saturated carbocycles. The molecule has 0 bridgehead atoms. The highest BCUT2D eigenvalue weighted by Gasteiger charge is 2.09. The zero-order valence-corrected chi connectivity index (χ0v) is 11.8. The number of benzene rings is 1. The fourth-order valence-corrected chi connectivity index (χ4v) is 2.19. The van der Waals surface area contributed by atoms with Gasteiger partial charge in [-0.05, 0) is 11.1 Å². The topological polar surface area (TPSA) is 63.2 Å². The molecule has 4 nitrogen and oxygen atoms in total. The summed E-state index contributed by atoms with van der Waals surface area (Å²) in [5, 5.41) is 3.35. The molecule has 0 saturated heterocycles. The minimum absolute atomic E-state index is 0.344. The van der Waals surface area contributed by atoms with E-state index in [4.69, 9.17) is 0 Å². The van der Waals surface area contributed by atoms with Gasteiger partial charge in [-0.2, -0.15) is 0 Å². The predicted octanol–water partition coefficient (Wildman–Crippen LogP) is 1.24. The van der Waals surface area contributed by atoms with Gasteiger partial charge in [0.05, 0.1) is 0 Å². The van der Waals surface area contributed by atoms with Crippen LogP contribution >= 0.6 is 15.9 Å². The van der Waals surface area contributed by atoms with Gasteiger partial charge in [0.15, 0.2) is 9.84 Å². The van der Waals surface area contributed by atoms with Gasteiger partial charge in [-0.15, -0.1) is 0 Å². The number of nitrogens with one attached hydrogen (secondary N) is 1. The quantitative estimate of drug-likeness (QED) is 0.831. The fourth-order valence-electron chi connectivity index (χ4n) is 1.24. The summed E-state index contributed by atoms with van der Waals surface area (Å²) >= 11 is 3.34. The summed E-state index contributed by atoms with van der Waals surface area (Å²) in [4.78, 5) is 11.3. The molecule has 1 aromatic carbocycles. The van der Waals surface area contributed by atoms with E-state index < -0.39 is 21.5 Å². The van der Waals surface area contributed by atoms with E-state index in [1.54, 1.807) is 0 Å². The number of alkyl halides is 1. The van der Waals surface area contributed by atoms with Gasteiger partial charge in [-0.1, -0.05) is 40.2 Å². The average molecular weight is 320 g/mol. The number of amides is 1. The molecule has 0 radical (unpaired) electrons. The second-order valence-electron chi connectivity index (χ2n) is 3.80. The van der Waals surface area contributed by atoms with Crippen molar-refractivity contribution in [2.75, 3.05) is 12.0 Å². The molecule has 1 rings (SSSR count). The number of rotatable bonds is 5. The molecule has 1 aromatic rings. The molecule has 0 aliphatic rings. The Labute approximate surface area is 109 Å². The van der Waals surface area contributed by atoms with Crippen LogP contribution in [0.25, 0.3) is 0 Å². The third-order valence-electron chi connectivity index (χ3n) is 2.06. The lowest BCUT2D eigenvalue weighted by Crippen LogP contribution is -2.29. The van der Waals surface area contributed by atoms with E-state index in [-0.39, 0.29) is 0 Å². The molecule has 0 fully saturated rings. The number of sulfone groups is 1. The lowest BCUT2D eigenvalue weighted by atomic mass is 10.1. The summed E-state index contributed by atoms with van der Waals surface area (Å²) in [6.07, 6.45) is 1.04. The Morgan fingerprint density at radius 2 is 1.76 bits per heavy atom. The lowest BCUT2D eigenvalue weighted by Gasteiger charge is -2.05. The monoisotopic (exact) mass is 319 g/mol. The second-order valence-corrected chi connectivity index (χ2v) is 6.50. The van der Waals surface area contributed by atoms with Gasteiger partial charge in [0.2, 0.25) is 5.91 Å². The summed E-state index contributed by atoms with van der Waals surface area (Å²) in [5.41, 5.74) is 2.09. The average Bonchev–Trinajstić information content (AvgIpc) is 2.25. The van der Waals surface area contributed by atoms with Crippen LogP contribution < -0.4 is 5.32 Å². The number of hydrogen-bond acceptors (Lipinski definition) is 3. The van der Waals surface area contributed by atoms with Crippen molar-refractivity contribution >= 4 is 31.7 Å². The normalized spacial score (nSPS) is 11.2. The largest absolute Gasteiger partial charge is 0.351 e. The van der Waals surface area contributed by atoms with E-state index >= 15 is 0 Å². The first-order valence-corrected chi connectivity index (χ1v) is 8.17. The van der Waals surface area contributed by atoms with Crippen molar-refractivity contribution in [3.05, 3.63) is 35.4 Å². The first kappa shape index (κ1) is 14.2. The molecule has 0 atom stereocenters. The van der Waals surface area contributed by atoms with Crippen LogP contribution in [-0.4, -0.2) is 26.3 Å². The van der Waals surface area contributed by atoms with Crippen LogP contribution in [0.4, 0.5) is 0 Å². The minimum atomic E-state index is -3.26. The summed E-state index contributed by atoms with van der Waals surface area (Å²) in [7, 11) is -3.26. The highest BCUT2D eigenvalue weighted by molar-refractivity contribution is 9.08. The summed E-state index contributed by atoms with van der Waals surface area (Å²) < 4.78 is 21.7. The zero-order valence-electron chi connectivity index (χ0n) is 9.44. The summed E-state index contributed by atoms with van der Waals surface area (Å²) in [5.74, 6) is -0.941. The standard InChI is InChI=1S/C11H14BrNO3S/c1-17(15,16)8-11(14)13-7-10-4-2-9(6-12)3-5-10/h2-5H,6-8H2,1H3,(H,13,14). The van der Waals surface area contributed by atoms with Crippen molar-refractivity contribution < 1.29 is 13.2 Å². The molecular formula is C11H14BrNO3S. The SMILES string of the molecule is CS(=O)(=O)CC(=O)NCc1ccc(CBr)cc1. The van der Waals surface area contributed by atoms with Gasteiger partial charge in [0.25, 0.3) is 0 Å². The lowest BCUT2D eigenvalue weighted by molar-refractivity contribution is -0.118. The Morgan fingerprint density at radius 3 is 2.24 bits per heavy atom. The molecule has 0 aliphatic heterocycles. The molecule has 0 heterocycles. The summed E-state index contributed by atoms with van der Waals surface area (Å²) in [6.45, 7) is 0.344. The maximum Gasteiger partial charge on any atom is 0.235 e. The van der Waals surface area contributed by atoms with Crippen LogP contribution in [0.3, 0.4) is 0 Å². The van der Waals surface area contributed by atoms with Crippen molar-refractivity contribution in [3.63, 3.8) is 0 Å². The molecule has 0 aromatic heterocycles. The van der Waals surface area contributed by atoms with Crippen LogP contribution in [0, 0.1) is 0 Å². The molecule has 17 heavy (non-hydrogen) atoms. The first-order chi connectivity index (χ1) is 7.90. The molecule has 0 unspecified atom stereocenters.